The monoisotopic (exact) mass is 353 g/mol. The summed E-state index contributed by atoms with van der Waals surface area (Å²) in [6.45, 7) is 4.98. The summed E-state index contributed by atoms with van der Waals surface area (Å²) in [5.74, 6) is 1.58. The van der Waals surface area contributed by atoms with Crippen LogP contribution in [-0.4, -0.2) is 31.1 Å². The molecule has 4 nitrogen and oxygen atoms in total. The van der Waals surface area contributed by atoms with Crippen molar-refractivity contribution in [3.8, 4) is 11.5 Å². The minimum Gasteiger partial charge on any atom is -0.493 e. The van der Waals surface area contributed by atoms with Gasteiger partial charge in [0.1, 0.15) is 0 Å². The molecule has 138 valence electrons. The Morgan fingerprint density at radius 1 is 1.08 bits per heavy atom. The molecule has 1 aliphatic carbocycles. The molecule has 2 aromatic rings. The van der Waals surface area contributed by atoms with Crippen molar-refractivity contribution in [2.24, 2.45) is 0 Å². The molecule has 1 aliphatic rings. The van der Waals surface area contributed by atoms with E-state index >= 15 is 0 Å². The lowest BCUT2D eigenvalue weighted by Gasteiger charge is -2.24. The van der Waals surface area contributed by atoms with Crippen molar-refractivity contribution in [3.05, 3.63) is 59.2 Å². The summed E-state index contributed by atoms with van der Waals surface area (Å²) < 4.78 is 10.8. The molecule has 0 N–H and O–H groups in total. The summed E-state index contributed by atoms with van der Waals surface area (Å²) in [5, 5.41) is 0. The lowest BCUT2D eigenvalue weighted by atomic mass is 10.0. The van der Waals surface area contributed by atoms with Crippen molar-refractivity contribution in [1.82, 2.24) is 4.90 Å². The zero-order chi connectivity index (χ0) is 18.7. The first-order valence-corrected chi connectivity index (χ1v) is 9.16. The van der Waals surface area contributed by atoms with Crippen LogP contribution < -0.4 is 9.47 Å². The highest BCUT2D eigenvalue weighted by molar-refractivity contribution is 5.98. The highest BCUT2D eigenvalue weighted by Crippen LogP contribution is 2.35. The highest BCUT2D eigenvalue weighted by atomic mass is 16.5. The summed E-state index contributed by atoms with van der Waals surface area (Å²) in [6.07, 6.45) is 2.12. The van der Waals surface area contributed by atoms with Gasteiger partial charge in [0, 0.05) is 12.6 Å². The third-order valence-electron chi connectivity index (χ3n) is 4.88. The van der Waals surface area contributed by atoms with Crippen LogP contribution in [0.25, 0.3) is 0 Å². The van der Waals surface area contributed by atoms with Crippen LogP contribution in [0.1, 0.15) is 54.1 Å². The van der Waals surface area contributed by atoms with E-state index in [4.69, 9.17) is 9.47 Å². The number of ether oxygens (including phenoxy) is 2. The van der Waals surface area contributed by atoms with E-state index in [2.05, 4.69) is 38.1 Å². The van der Waals surface area contributed by atoms with Crippen LogP contribution in [0.3, 0.4) is 0 Å². The molecule has 26 heavy (non-hydrogen) atoms. The van der Waals surface area contributed by atoms with E-state index in [0.717, 1.165) is 18.4 Å². The second-order valence-electron chi connectivity index (χ2n) is 7.10. The fourth-order valence-electron chi connectivity index (χ4n) is 3.17. The Morgan fingerprint density at radius 2 is 1.77 bits per heavy atom. The second kappa shape index (κ2) is 7.81. The van der Waals surface area contributed by atoms with Crippen LogP contribution in [0.15, 0.2) is 42.5 Å². The van der Waals surface area contributed by atoms with E-state index < -0.39 is 0 Å². The van der Waals surface area contributed by atoms with Gasteiger partial charge in [-0.15, -0.1) is 0 Å². The van der Waals surface area contributed by atoms with Gasteiger partial charge in [0.05, 0.1) is 19.8 Å². The van der Waals surface area contributed by atoms with E-state index in [-0.39, 0.29) is 5.91 Å². The van der Waals surface area contributed by atoms with Gasteiger partial charge in [0.2, 0.25) is 0 Å². The summed E-state index contributed by atoms with van der Waals surface area (Å²) in [4.78, 5) is 15.2. The Bertz CT molecular complexity index is 763. The molecule has 1 amide bonds. The van der Waals surface area contributed by atoms with Crippen molar-refractivity contribution < 1.29 is 14.3 Å². The van der Waals surface area contributed by atoms with Crippen LogP contribution in [0.4, 0.5) is 0 Å². The van der Waals surface area contributed by atoms with Crippen LogP contribution in [-0.2, 0) is 6.54 Å². The molecule has 3 rings (SSSR count). The van der Waals surface area contributed by atoms with Crippen molar-refractivity contribution >= 4 is 5.91 Å². The number of hydrogen-bond acceptors (Lipinski definition) is 3. The summed E-state index contributed by atoms with van der Waals surface area (Å²) in [5.41, 5.74) is 3.02. The number of carbonyl (C=O) groups is 1. The highest BCUT2D eigenvalue weighted by Gasteiger charge is 2.34. The fraction of sp³-hybridized carbons (Fsp3) is 0.409. The van der Waals surface area contributed by atoms with Crippen molar-refractivity contribution in [2.45, 2.75) is 45.2 Å². The molecule has 0 heterocycles. The minimum atomic E-state index is -0.00353. The van der Waals surface area contributed by atoms with Crippen molar-refractivity contribution in [3.63, 3.8) is 0 Å². The number of para-hydroxylation sites is 1. The first kappa shape index (κ1) is 18.3. The number of amides is 1. The van der Waals surface area contributed by atoms with Crippen LogP contribution in [0, 0.1) is 0 Å². The third kappa shape index (κ3) is 3.85. The smallest absolute Gasteiger partial charge is 0.258 e. The minimum absolute atomic E-state index is 0.00353. The Labute approximate surface area is 155 Å². The standard InChI is InChI=1S/C22H27NO3/c1-15(2)17-10-8-16(9-11-17)14-23(18-12-13-18)22(24)19-6-5-7-20(25-3)21(19)26-4/h5-11,15,18H,12-14H2,1-4H3. The lowest BCUT2D eigenvalue weighted by molar-refractivity contribution is 0.0726. The van der Waals surface area contributed by atoms with Crippen LogP contribution in [0.2, 0.25) is 0 Å². The average molecular weight is 353 g/mol. The van der Waals surface area contributed by atoms with E-state index in [1.54, 1.807) is 20.3 Å². The van der Waals surface area contributed by atoms with Gasteiger partial charge in [0.15, 0.2) is 11.5 Å². The van der Waals surface area contributed by atoms with E-state index in [9.17, 15) is 4.79 Å². The topological polar surface area (TPSA) is 38.8 Å². The molecule has 0 aliphatic heterocycles. The van der Waals surface area contributed by atoms with Gasteiger partial charge >= 0.3 is 0 Å². The summed E-state index contributed by atoms with van der Waals surface area (Å²) >= 11 is 0. The molecule has 1 fully saturated rings. The molecule has 2 aromatic carbocycles. The maximum atomic E-state index is 13.2. The molecule has 1 saturated carbocycles. The molecular weight excluding hydrogens is 326 g/mol. The predicted octanol–water partition coefficient (Wildman–Crippen LogP) is 4.63. The normalized spacial score (nSPS) is 13.6. The van der Waals surface area contributed by atoms with Gasteiger partial charge < -0.3 is 14.4 Å². The molecular formula is C22H27NO3. The largest absolute Gasteiger partial charge is 0.493 e. The summed E-state index contributed by atoms with van der Waals surface area (Å²) in [6, 6.07) is 14.3. The Morgan fingerprint density at radius 3 is 2.31 bits per heavy atom. The molecule has 0 bridgehead atoms. The Kier molecular flexibility index (Phi) is 5.50. The molecule has 0 atom stereocenters. The first-order chi connectivity index (χ1) is 12.5. The molecule has 0 radical (unpaired) electrons. The SMILES string of the molecule is COc1cccc(C(=O)N(Cc2ccc(C(C)C)cc2)C2CC2)c1OC. The number of carbonyl (C=O) groups excluding carboxylic acids is 1. The molecule has 0 aromatic heterocycles. The van der Waals surface area contributed by atoms with Gasteiger partial charge in [-0.2, -0.15) is 0 Å². The van der Waals surface area contributed by atoms with Gasteiger partial charge in [0.25, 0.3) is 5.91 Å². The van der Waals surface area contributed by atoms with Gasteiger partial charge in [-0.3, -0.25) is 4.79 Å². The van der Waals surface area contributed by atoms with E-state index in [1.165, 1.54) is 5.56 Å². The van der Waals surface area contributed by atoms with Crippen LogP contribution >= 0.6 is 0 Å². The lowest BCUT2D eigenvalue weighted by Crippen LogP contribution is -2.33. The van der Waals surface area contributed by atoms with E-state index in [1.807, 2.05) is 17.0 Å². The Hall–Kier alpha value is -2.49. The second-order valence-corrected chi connectivity index (χ2v) is 7.10. The Balaban J connectivity index is 1.85. The molecule has 0 saturated heterocycles. The third-order valence-corrected chi connectivity index (χ3v) is 4.88. The number of benzene rings is 2. The van der Waals surface area contributed by atoms with Crippen LogP contribution in [0.5, 0.6) is 11.5 Å². The zero-order valence-corrected chi connectivity index (χ0v) is 16.0. The van der Waals surface area contributed by atoms with Gasteiger partial charge in [-0.1, -0.05) is 44.2 Å². The maximum absolute atomic E-state index is 13.2. The average Bonchev–Trinajstić information content (AvgIpc) is 3.50. The van der Waals surface area contributed by atoms with E-state index in [0.29, 0.717) is 35.6 Å². The quantitative estimate of drug-likeness (QED) is 0.728. The maximum Gasteiger partial charge on any atom is 0.258 e. The number of hydrogen-bond donors (Lipinski definition) is 0. The molecule has 0 spiro atoms. The van der Waals surface area contributed by atoms with Gasteiger partial charge in [-0.05, 0) is 42.0 Å². The number of nitrogens with zero attached hydrogens (tertiary/aromatic N) is 1. The van der Waals surface area contributed by atoms with Crippen molar-refractivity contribution in [1.29, 1.82) is 0 Å². The predicted molar refractivity (Wildman–Crippen MR) is 103 cm³/mol. The molecule has 4 heteroatoms. The molecule has 0 unspecified atom stereocenters. The zero-order valence-electron chi connectivity index (χ0n) is 16.0. The van der Waals surface area contributed by atoms with Crippen molar-refractivity contribution in [2.75, 3.05) is 14.2 Å². The number of rotatable bonds is 7. The van der Waals surface area contributed by atoms with Gasteiger partial charge in [-0.25, -0.2) is 0 Å². The summed E-state index contributed by atoms with van der Waals surface area (Å²) in [7, 11) is 3.15. The first-order valence-electron chi connectivity index (χ1n) is 9.16. The fourth-order valence-corrected chi connectivity index (χ4v) is 3.17. The number of methoxy groups -OCH3 is 2.